The number of nitrogens with two attached hydrogens (primary N) is 2. The predicted octanol–water partition coefficient (Wildman–Crippen LogP) is 4.58. The summed E-state index contributed by atoms with van der Waals surface area (Å²) >= 11 is 0. The Morgan fingerprint density at radius 3 is 2.29 bits per heavy atom. The summed E-state index contributed by atoms with van der Waals surface area (Å²) in [6.07, 6.45) is -0.117. The SMILES string of the molecule is CCSSCO[C@@H]1C[C@H](n2cc(C#CCNC(=O)NCCCCCOCSSCCNC(=O)c3ccc(C(=O)O)c(-c4c5ccc(=N)c(S(=O)(=O)O)c-5oc5c(S(=O)(=O)O)c(N)ccc45)c3)c(N)nc2=O)O[C@@H]1COP(=O)(O)OP(=O)(O)OP(=O)(O)O. The highest BCUT2D eigenvalue weighted by atomic mass is 33.1. The van der Waals surface area contributed by atoms with Crippen molar-refractivity contribution in [2.45, 2.75) is 60.8 Å². The lowest BCUT2D eigenvalue weighted by atomic mass is 9.89. The van der Waals surface area contributed by atoms with Crippen molar-refractivity contribution in [2.24, 2.45) is 0 Å². The van der Waals surface area contributed by atoms with E-state index in [1.165, 1.54) is 73.6 Å². The zero-order chi connectivity index (χ0) is 64.1. The molecule has 2 unspecified atom stereocenters. The van der Waals surface area contributed by atoms with Gasteiger partial charge in [0.25, 0.3) is 26.1 Å². The molecule has 3 aromatic rings. The number of fused-ring (bicyclic) bond motifs is 2. The van der Waals surface area contributed by atoms with Gasteiger partial charge in [0.05, 0.1) is 41.4 Å². The second kappa shape index (κ2) is 31.1. The third kappa shape index (κ3) is 20.5. The molecule has 5 atom stereocenters. The molecule has 3 aliphatic rings. The standard InChI is InChI=1S/C45H55N8O25P3S6/c1-2-82-85-24-73-33-20-35(75-34(33)22-74-80(62,63)78-81(64,65)77-79(59,60)61)53-21-26(41(48)52-45(53)58)7-6-15-51-44(57)50-14-4-3-5-17-72-23-84-83-18-16-49-42(54)25-8-9-27(43(55)56)30(19-25)36-28-10-12-31(46)39(86(66,67)68)37(28)76-38-29(36)11-13-32(47)40(38)87(69,70)71/h8-13,19,21,33-35,46H,2-5,14-18,20,22-24,47H2,1H3,(H,49,54)(H,55,56)(H,62,63)(H,64,65)(H2,48,52,58)(H2,50,51,57)(H2,59,60,61)(H,66,67,68)(H,69,70,71)/t33-,34-,35-/m1/s1. The number of ether oxygens (including phenoxy) is 3. The van der Waals surface area contributed by atoms with Gasteiger partial charge in [-0.25, -0.2) is 28.1 Å². The lowest BCUT2D eigenvalue weighted by molar-refractivity contribution is -0.0543. The number of phosphoric ester groups is 1. The average Bonchev–Trinajstić information content (AvgIpc) is 1.23. The first kappa shape index (κ1) is 71.0. The van der Waals surface area contributed by atoms with Crippen LogP contribution in [0.25, 0.3) is 33.4 Å². The number of nitrogen functional groups attached to an aromatic ring is 2. The number of anilines is 2. The van der Waals surface area contributed by atoms with Crippen LogP contribution in [0.3, 0.4) is 0 Å². The number of aromatic nitrogens is 2. The van der Waals surface area contributed by atoms with Crippen LogP contribution in [0.2, 0.25) is 0 Å². The largest absolute Gasteiger partial charge is 0.490 e. The van der Waals surface area contributed by atoms with E-state index < -0.39 is 130 Å². The first-order valence-electron chi connectivity index (χ1n) is 24.8. The lowest BCUT2D eigenvalue weighted by Gasteiger charge is -2.21. The molecular formula is C45H55N8O25P3S6. The van der Waals surface area contributed by atoms with Gasteiger partial charge in [0.1, 0.15) is 30.0 Å². The maximum Gasteiger partial charge on any atom is 0.490 e. The highest BCUT2D eigenvalue weighted by Gasteiger charge is 2.44. The molecule has 0 saturated carbocycles. The van der Waals surface area contributed by atoms with Gasteiger partial charge in [-0.3, -0.25) is 28.4 Å². The van der Waals surface area contributed by atoms with Crippen LogP contribution in [0.15, 0.2) is 67.7 Å². The highest BCUT2D eigenvalue weighted by molar-refractivity contribution is 8.77. The molecule has 42 heteroatoms. The molecule has 1 saturated heterocycles. The Morgan fingerprint density at radius 2 is 1.60 bits per heavy atom. The zero-order valence-corrected chi connectivity index (χ0v) is 52.4. The monoisotopic (exact) mass is 1390 g/mol. The van der Waals surface area contributed by atoms with Gasteiger partial charge < -0.3 is 70.7 Å². The van der Waals surface area contributed by atoms with E-state index in [1.807, 2.05) is 6.92 Å². The van der Waals surface area contributed by atoms with Gasteiger partial charge in [0.2, 0.25) is 0 Å². The molecule has 0 spiro atoms. The number of carbonyl (C=O) groups excluding carboxylic acids is 2. The van der Waals surface area contributed by atoms with Crippen molar-refractivity contribution in [2.75, 3.05) is 67.7 Å². The number of carboxylic acids is 1. The number of phosphoric acid groups is 3. The topological polar surface area (TPSA) is 528 Å². The fourth-order valence-corrected chi connectivity index (χ4v) is 15.5. The first-order chi connectivity index (χ1) is 40.8. The number of carbonyl (C=O) groups is 3. The van der Waals surface area contributed by atoms with E-state index in [-0.39, 0.29) is 64.5 Å². The summed E-state index contributed by atoms with van der Waals surface area (Å²) < 4.78 is 142. The minimum Gasteiger partial charge on any atom is -0.478 e. The van der Waals surface area contributed by atoms with Crippen LogP contribution < -0.4 is 38.5 Å². The third-order valence-electron chi connectivity index (χ3n) is 11.6. The van der Waals surface area contributed by atoms with Crippen molar-refractivity contribution in [3.05, 3.63) is 81.2 Å². The molecule has 1 aromatic heterocycles. The Bertz CT molecular complexity index is 3920. The van der Waals surface area contributed by atoms with Gasteiger partial charge >= 0.3 is 41.2 Å². The molecule has 2 aliphatic heterocycles. The molecule has 1 aliphatic carbocycles. The van der Waals surface area contributed by atoms with Crippen molar-refractivity contribution in [3.63, 3.8) is 0 Å². The number of urea groups is 1. The van der Waals surface area contributed by atoms with Crippen LogP contribution in [0.5, 0.6) is 0 Å². The Balaban J connectivity index is 0.916. The second-order valence-corrected chi connectivity index (χ2v) is 30.1. The van der Waals surface area contributed by atoms with Gasteiger partial charge in [-0.2, -0.15) is 30.4 Å². The highest BCUT2D eigenvalue weighted by Crippen LogP contribution is 2.66. The van der Waals surface area contributed by atoms with Crippen molar-refractivity contribution in [1.82, 2.24) is 25.5 Å². The fourth-order valence-electron chi connectivity index (χ4n) is 8.09. The molecule has 0 radical (unpaired) electrons. The molecular weight excluding hydrogens is 1340 g/mol. The number of carboxylic acid groups (broad SMARTS) is 1. The van der Waals surface area contributed by atoms with Crippen molar-refractivity contribution in [3.8, 4) is 34.3 Å². The normalized spacial score (nSPS) is 16.8. The summed E-state index contributed by atoms with van der Waals surface area (Å²) in [5.41, 5.74) is 8.62. The molecule has 2 aromatic carbocycles. The van der Waals surface area contributed by atoms with Gasteiger partial charge in [0, 0.05) is 65.9 Å². The van der Waals surface area contributed by atoms with Gasteiger partial charge in [-0.15, -0.1) is 0 Å². The van der Waals surface area contributed by atoms with E-state index in [4.69, 9.17) is 49.8 Å². The van der Waals surface area contributed by atoms with Crippen molar-refractivity contribution < 1.29 is 110 Å². The number of benzene rings is 3. The summed E-state index contributed by atoms with van der Waals surface area (Å²) in [7, 11) is -21.9. The van der Waals surface area contributed by atoms with E-state index in [9.17, 15) is 73.7 Å². The minimum atomic E-state index is -5.80. The quantitative estimate of drug-likeness (QED) is 0.00422. The molecule has 33 nitrogen and oxygen atoms in total. The number of amides is 3. The third-order valence-corrected chi connectivity index (χ3v) is 21.5. The first-order valence-corrected chi connectivity index (χ1v) is 37.2. The predicted molar refractivity (Wildman–Crippen MR) is 317 cm³/mol. The number of unbranched alkanes of at least 4 members (excludes halogenated alkanes) is 2. The van der Waals surface area contributed by atoms with Crippen LogP contribution in [0.1, 0.15) is 65.1 Å². The number of rotatable bonds is 31. The summed E-state index contributed by atoms with van der Waals surface area (Å²) in [4.78, 5) is 90.1. The molecule has 476 valence electrons. The van der Waals surface area contributed by atoms with Crippen LogP contribution >= 0.6 is 66.6 Å². The molecule has 87 heavy (non-hydrogen) atoms. The van der Waals surface area contributed by atoms with E-state index >= 15 is 0 Å². The van der Waals surface area contributed by atoms with Crippen LogP contribution in [0.4, 0.5) is 16.3 Å². The summed E-state index contributed by atoms with van der Waals surface area (Å²) in [5.74, 6) is 3.76. The van der Waals surface area contributed by atoms with Crippen LogP contribution in [0, 0.1) is 17.3 Å². The minimum absolute atomic E-state index is 0.0568. The Labute approximate surface area is 509 Å². The van der Waals surface area contributed by atoms with E-state index in [0.29, 0.717) is 44.1 Å². The molecule has 6 rings (SSSR count). The van der Waals surface area contributed by atoms with Gasteiger partial charge in [-0.05, 0) is 67.3 Å². The molecule has 3 amide bonds. The smallest absolute Gasteiger partial charge is 0.478 e. The molecule has 1 fully saturated rings. The number of aromatic carboxylic acids is 1. The molecule has 15 N–H and O–H groups in total. The summed E-state index contributed by atoms with van der Waals surface area (Å²) in [5, 5.41) is 25.4. The number of nitrogens with one attached hydrogen (secondary N) is 4. The number of hydrogen-bond acceptors (Lipinski definition) is 26. The van der Waals surface area contributed by atoms with Gasteiger partial charge in [-0.1, -0.05) is 61.9 Å². The Kier molecular flexibility index (Phi) is 25.4. The van der Waals surface area contributed by atoms with E-state index in [2.05, 4.69) is 41.4 Å². The lowest BCUT2D eigenvalue weighted by Crippen LogP contribution is -2.36. The maximum atomic E-state index is 13.4. The van der Waals surface area contributed by atoms with E-state index in [0.717, 1.165) is 28.5 Å². The molecule has 3 heterocycles. The molecule has 0 bridgehead atoms. The van der Waals surface area contributed by atoms with Crippen molar-refractivity contribution in [1.29, 1.82) is 5.41 Å². The number of nitrogens with zero attached hydrogens (tertiary/aromatic N) is 2. The Hall–Kier alpha value is -5.11. The Morgan fingerprint density at radius 1 is 0.874 bits per heavy atom. The number of hydrogen-bond donors (Lipinski definition) is 13. The van der Waals surface area contributed by atoms with E-state index in [1.54, 1.807) is 0 Å². The van der Waals surface area contributed by atoms with Crippen molar-refractivity contribution >= 4 is 127 Å². The summed E-state index contributed by atoms with van der Waals surface area (Å²) in [6.45, 7) is 1.77. The van der Waals surface area contributed by atoms with Crippen LogP contribution in [-0.2, 0) is 61.3 Å². The fraction of sp³-hybridized carbons (Fsp3) is 0.378. The van der Waals surface area contributed by atoms with Crippen LogP contribution in [-0.4, -0.2) is 147 Å². The van der Waals surface area contributed by atoms with Gasteiger partial charge in [0.15, 0.2) is 21.1 Å². The maximum absolute atomic E-state index is 13.4. The zero-order valence-electron chi connectivity index (χ0n) is 44.9. The summed E-state index contributed by atoms with van der Waals surface area (Å²) in [6, 6.07) is 7.42. The second-order valence-electron chi connectivity index (χ2n) is 17.7. The average molecular weight is 1390 g/mol.